The van der Waals surface area contributed by atoms with E-state index in [0.29, 0.717) is 33.9 Å². The lowest BCUT2D eigenvalue weighted by atomic mass is 9.88. The quantitative estimate of drug-likeness (QED) is 0.473. The molecule has 2 aromatic carbocycles. The molecule has 2 bridgehead atoms. The highest BCUT2D eigenvalue weighted by Crippen LogP contribution is 2.45. The van der Waals surface area contributed by atoms with Crippen LogP contribution in [0.1, 0.15) is 6.42 Å². The summed E-state index contributed by atoms with van der Waals surface area (Å²) >= 11 is 0. The molecule has 5 rings (SSSR count). The summed E-state index contributed by atoms with van der Waals surface area (Å²) in [5, 5.41) is 7.22. The molecule has 1 amide bonds. The number of methoxy groups -OCH3 is 2. The van der Waals surface area contributed by atoms with Crippen LogP contribution >= 0.6 is 0 Å². The van der Waals surface area contributed by atoms with Crippen LogP contribution in [0.4, 0.5) is 21.8 Å². The first-order valence-electron chi connectivity index (χ1n) is 10.7. The largest absolute Gasteiger partial charge is 0.493 e. The van der Waals surface area contributed by atoms with Crippen LogP contribution in [0.3, 0.4) is 0 Å². The number of hydrogen-bond acceptors (Lipinski definition) is 7. The van der Waals surface area contributed by atoms with E-state index in [0.717, 1.165) is 6.42 Å². The minimum absolute atomic E-state index is 0.123. The van der Waals surface area contributed by atoms with Crippen LogP contribution in [-0.2, 0) is 4.79 Å². The highest BCUT2D eigenvalue weighted by molar-refractivity contribution is 5.93. The third-order valence-corrected chi connectivity index (χ3v) is 6.37. The van der Waals surface area contributed by atoms with E-state index in [1.807, 2.05) is 0 Å². The Hall–Kier alpha value is -3.88. The van der Waals surface area contributed by atoms with Gasteiger partial charge in [-0.2, -0.15) is 4.98 Å². The number of aromatic nitrogens is 2. The molecule has 33 heavy (non-hydrogen) atoms. The van der Waals surface area contributed by atoms with Crippen molar-refractivity contribution in [1.29, 1.82) is 0 Å². The van der Waals surface area contributed by atoms with E-state index in [1.54, 1.807) is 38.5 Å². The first-order chi connectivity index (χ1) is 16.0. The molecule has 0 radical (unpaired) electrons. The van der Waals surface area contributed by atoms with Crippen molar-refractivity contribution < 1.29 is 18.7 Å². The van der Waals surface area contributed by atoms with Crippen LogP contribution in [-0.4, -0.2) is 36.1 Å². The maximum atomic E-state index is 13.7. The molecule has 4 N–H and O–H groups in total. The lowest BCUT2D eigenvalue weighted by Gasteiger charge is -2.27. The second-order valence-electron chi connectivity index (χ2n) is 8.30. The Bertz CT molecular complexity index is 1260. The molecule has 1 aromatic heterocycles. The molecular formula is C24H24FN5O3. The van der Waals surface area contributed by atoms with Crippen LogP contribution in [0.5, 0.6) is 11.5 Å². The number of carbonyl (C=O) groups excluding carboxylic acids is 1. The van der Waals surface area contributed by atoms with Crippen molar-refractivity contribution >= 4 is 34.3 Å². The highest BCUT2D eigenvalue weighted by Gasteiger charge is 2.47. The van der Waals surface area contributed by atoms with E-state index in [4.69, 9.17) is 15.2 Å². The van der Waals surface area contributed by atoms with Gasteiger partial charge in [-0.3, -0.25) is 4.79 Å². The van der Waals surface area contributed by atoms with Crippen molar-refractivity contribution in [2.45, 2.75) is 12.5 Å². The second-order valence-corrected chi connectivity index (χ2v) is 8.30. The number of halogens is 1. The number of ether oxygens (including phenoxy) is 2. The van der Waals surface area contributed by atoms with Gasteiger partial charge in [0.2, 0.25) is 11.9 Å². The number of nitrogens with zero attached hydrogens (tertiary/aromatic N) is 2. The number of hydrogen-bond donors (Lipinski definition) is 3. The Morgan fingerprint density at radius 2 is 1.85 bits per heavy atom. The van der Waals surface area contributed by atoms with Gasteiger partial charge >= 0.3 is 0 Å². The smallest absolute Gasteiger partial charge is 0.229 e. The van der Waals surface area contributed by atoms with Crippen LogP contribution in [0.25, 0.3) is 10.9 Å². The molecule has 1 heterocycles. The van der Waals surface area contributed by atoms with E-state index in [1.165, 1.54) is 12.1 Å². The van der Waals surface area contributed by atoms with Gasteiger partial charge in [-0.05, 0) is 42.5 Å². The molecular weight excluding hydrogens is 425 g/mol. The van der Waals surface area contributed by atoms with Gasteiger partial charge in [-0.1, -0.05) is 18.2 Å². The molecule has 170 valence electrons. The van der Waals surface area contributed by atoms with E-state index in [-0.39, 0.29) is 41.5 Å². The zero-order valence-corrected chi connectivity index (χ0v) is 18.2. The van der Waals surface area contributed by atoms with E-state index in [2.05, 4.69) is 32.8 Å². The fraction of sp³-hybridized carbons (Fsp3) is 0.292. The summed E-state index contributed by atoms with van der Waals surface area (Å²) in [6, 6.07) is 9.41. The lowest BCUT2D eigenvalue weighted by molar-refractivity contribution is -0.122. The summed E-state index contributed by atoms with van der Waals surface area (Å²) in [5.41, 5.74) is 6.85. The van der Waals surface area contributed by atoms with Crippen molar-refractivity contribution in [3.8, 4) is 11.5 Å². The van der Waals surface area contributed by atoms with Crippen LogP contribution in [0.15, 0.2) is 48.6 Å². The SMILES string of the molecule is COc1cc2nc(Nc3cccc(F)c3)nc(N[C@H]3[C@@H](C(N)=O)[C@H]4C=C[C@H]3C4)c2cc1OC. The molecule has 1 saturated carbocycles. The summed E-state index contributed by atoms with van der Waals surface area (Å²) in [4.78, 5) is 21.5. The number of primary amides is 1. The number of fused-ring (bicyclic) bond motifs is 3. The summed E-state index contributed by atoms with van der Waals surface area (Å²) in [6.07, 6.45) is 5.07. The van der Waals surface area contributed by atoms with Crippen molar-refractivity contribution in [3.63, 3.8) is 0 Å². The van der Waals surface area contributed by atoms with Gasteiger partial charge in [0.15, 0.2) is 11.5 Å². The normalized spacial score (nSPS) is 23.0. The van der Waals surface area contributed by atoms with Crippen molar-refractivity contribution in [1.82, 2.24) is 9.97 Å². The second kappa shape index (κ2) is 8.23. The van der Waals surface area contributed by atoms with Crippen LogP contribution in [0.2, 0.25) is 0 Å². The topological polar surface area (TPSA) is 111 Å². The molecule has 0 aliphatic heterocycles. The Labute approximate surface area is 190 Å². The summed E-state index contributed by atoms with van der Waals surface area (Å²) in [6.45, 7) is 0. The van der Waals surface area contributed by atoms with Gasteiger partial charge in [-0.25, -0.2) is 9.37 Å². The van der Waals surface area contributed by atoms with Gasteiger partial charge in [0, 0.05) is 23.2 Å². The Morgan fingerprint density at radius 1 is 1.09 bits per heavy atom. The molecule has 0 saturated heterocycles. The molecule has 3 aromatic rings. The first-order valence-corrected chi connectivity index (χ1v) is 10.7. The molecule has 2 aliphatic rings. The summed E-state index contributed by atoms with van der Waals surface area (Å²) < 4.78 is 24.6. The zero-order chi connectivity index (χ0) is 23.1. The van der Waals surface area contributed by atoms with E-state index < -0.39 is 0 Å². The number of anilines is 3. The Kier molecular flexibility index (Phi) is 5.24. The molecule has 2 aliphatic carbocycles. The maximum absolute atomic E-state index is 13.7. The zero-order valence-electron chi connectivity index (χ0n) is 18.2. The molecule has 0 unspecified atom stereocenters. The van der Waals surface area contributed by atoms with Gasteiger partial charge < -0.3 is 25.8 Å². The number of carbonyl (C=O) groups is 1. The van der Waals surface area contributed by atoms with Gasteiger partial charge in [0.25, 0.3) is 0 Å². The van der Waals surface area contributed by atoms with E-state index >= 15 is 0 Å². The number of nitrogens with one attached hydrogen (secondary N) is 2. The lowest BCUT2D eigenvalue weighted by Crippen LogP contribution is -2.41. The first kappa shape index (κ1) is 21.0. The predicted molar refractivity (Wildman–Crippen MR) is 123 cm³/mol. The number of allylic oxidation sites excluding steroid dienone is 1. The average molecular weight is 449 g/mol. The van der Waals surface area contributed by atoms with Crippen LogP contribution < -0.4 is 25.8 Å². The Balaban J connectivity index is 1.60. The molecule has 9 heteroatoms. The van der Waals surface area contributed by atoms with Crippen molar-refractivity contribution in [2.24, 2.45) is 23.5 Å². The predicted octanol–water partition coefficient (Wildman–Crippen LogP) is 3.62. The standard InChI is InChI=1S/C24H24FN5O3/c1-32-18-10-16-17(11-19(18)33-2)28-24(27-15-5-3-4-14(25)9-15)30-23(16)29-21-13-7-6-12(8-13)20(21)22(26)31/h3-7,9-13,20-21H,8H2,1-2H3,(H2,26,31)(H2,27,28,29,30)/t12-,13-,20-,21+/m0/s1. The summed E-state index contributed by atoms with van der Waals surface area (Å²) in [5.74, 6) is 1.11. The minimum atomic E-state index is -0.372. The molecule has 4 atom stereocenters. The molecule has 8 nitrogen and oxygen atoms in total. The molecule has 0 spiro atoms. The Morgan fingerprint density at radius 3 is 2.58 bits per heavy atom. The third kappa shape index (κ3) is 3.79. The average Bonchev–Trinajstić information content (AvgIpc) is 3.40. The fourth-order valence-electron chi connectivity index (χ4n) is 4.88. The van der Waals surface area contributed by atoms with Gasteiger partial charge in [0.1, 0.15) is 11.6 Å². The number of benzene rings is 2. The van der Waals surface area contributed by atoms with Gasteiger partial charge in [-0.15, -0.1) is 0 Å². The minimum Gasteiger partial charge on any atom is -0.493 e. The maximum Gasteiger partial charge on any atom is 0.229 e. The fourth-order valence-corrected chi connectivity index (χ4v) is 4.88. The number of nitrogens with two attached hydrogens (primary N) is 1. The molecule has 1 fully saturated rings. The van der Waals surface area contributed by atoms with Crippen LogP contribution in [0, 0.1) is 23.6 Å². The van der Waals surface area contributed by atoms with Crippen molar-refractivity contribution in [2.75, 3.05) is 24.9 Å². The monoisotopic (exact) mass is 449 g/mol. The number of rotatable bonds is 7. The van der Waals surface area contributed by atoms with Crippen molar-refractivity contribution in [3.05, 3.63) is 54.4 Å². The summed E-state index contributed by atoms with van der Waals surface area (Å²) in [7, 11) is 3.11. The third-order valence-electron chi connectivity index (χ3n) is 6.37. The van der Waals surface area contributed by atoms with E-state index in [9.17, 15) is 9.18 Å². The van der Waals surface area contributed by atoms with Gasteiger partial charge in [0.05, 0.1) is 25.7 Å². The highest BCUT2D eigenvalue weighted by atomic mass is 19.1. The number of amides is 1.